The summed E-state index contributed by atoms with van der Waals surface area (Å²) in [7, 11) is 0. The van der Waals surface area contributed by atoms with Crippen molar-refractivity contribution in [1.29, 1.82) is 0 Å². The predicted octanol–water partition coefficient (Wildman–Crippen LogP) is 6.61. The van der Waals surface area contributed by atoms with E-state index in [1.54, 1.807) is 6.34 Å². The number of hydrogen-bond donors (Lipinski definition) is 1. The van der Waals surface area contributed by atoms with Crippen molar-refractivity contribution in [2.24, 2.45) is 9.98 Å². The lowest BCUT2D eigenvalue weighted by atomic mass is 9.79. The van der Waals surface area contributed by atoms with Crippen molar-refractivity contribution >= 4 is 38.9 Å². The quantitative estimate of drug-likeness (QED) is 0.323. The molecule has 7 rings (SSSR count). The smallest absolute Gasteiger partial charge is 0.228 e. The standard InChI is InChI=1S/C29H21BrN4O/c1-17-7-9-18(10-8-17)24-25-22-13-12-21(30)15-20(22)11-14-23(25)35-29-26(24)28-32-27(33-34(28)16-31-29)19-5-3-2-4-6-19/h2-16,24,27,33H,1H3/t24-,27-/m1/s1. The first kappa shape index (κ1) is 20.6. The summed E-state index contributed by atoms with van der Waals surface area (Å²) in [5.41, 5.74) is 9.11. The number of halogens is 1. The fourth-order valence-corrected chi connectivity index (χ4v) is 5.50. The van der Waals surface area contributed by atoms with E-state index in [0.717, 1.165) is 43.5 Å². The van der Waals surface area contributed by atoms with Gasteiger partial charge in [-0.25, -0.2) is 15.0 Å². The first-order valence-corrected chi connectivity index (χ1v) is 12.4. The Labute approximate surface area is 211 Å². The Kier molecular flexibility index (Phi) is 4.65. The van der Waals surface area contributed by atoms with Crippen LogP contribution in [0.5, 0.6) is 5.75 Å². The molecule has 0 saturated heterocycles. The maximum Gasteiger partial charge on any atom is 0.228 e. The van der Waals surface area contributed by atoms with Crippen LogP contribution in [0.25, 0.3) is 10.8 Å². The van der Waals surface area contributed by atoms with Crippen LogP contribution in [0.3, 0.4) is 0 Å². The molecule has 35 heavy (non-hydrogen) atoms. The largest absolute Gasteiger partial charge is 0.438 e. The molecule has 0 radical (unpaired) electrons. The Bertz CT molecular complexity index is 1570. The molecule has 0 bridgehead atoms. The van der Waals surface area contributed by atoms with Crippen molar-refractivity contribution in [2.75, 3.05) is 0 Å². The molecule has 0 aliphatic carbocycles. The van der Waals surface area contributed by atoms with E-state index in [1.807, 2.05) is 23.2 Å². The number of benzene rings is 4. The summed E-state index contributed by atoms with van der Waals surface area (Å²) in [5.74, 6) is 2.20. The lowest BCUT2D eigenvalue weighted by Crippen LogP contribution is -2.42. The fraction of sp³-hybridized carbons (Fsp3) is 0.103. The van der Waals surface area contributed by atoms with E-state index in [0.29, 0.717) is 5.88 Å². The molecule has 4 aromatic carbocycles. The molecule has 1 N–H and O–H groups in total. The predicted molar refractivity (Wildman–Crippen MR) is 142 cm³/mol. The summed E-state index contributed by atoms with van der Waals surface area (Å²) in [6.07, 6.45) is 1.57. The monoisotopic (exact) mass is 520 g/mol. The number of hydrogen-bond acceptors (Lipinski definition) is 5. The van der Waals surface area contributed by atoms with Gasteiger partial charge in [-0.15, -0.1) is 0 Å². The zero-order valence-corrected chi connectivity index (χ0v) is 20.5. The third-order valence-corrected chi connectivity index (χ3v) is 7.29. The molecule has 3 heterocycles. The number of nitrogens with zero attached hydrogens (tertiary/aromatic N) is 3. The van der Waals surface area contributed by atoms with Crippen LogP contribution >= 0.6 is 15.9 Å². The van der Waals surface area contributed by atoms with E-state index >= 15 is 0 Å². The van der Waals surface area contributed by atoms with Crippen LogP contribution in [0.2, 0.25) is 0 Å². The van der Waals surface area contributed by atoms with Gasteiger partial charge in [-0.3, -0.25) is 0 Å². The lowest BCUT2D eigenvalue weighted by molar-refractivity contribution is 0.377. The molecule has 3 aliphatic rings. The number of ether oxygens (including phenoxy) is 1. The number of rotatable bonds is 2. The Morgan fingerprint density at radius 3 is 2.57 bits per heavy atom. The summed E-state index contributed by atoms with van der Waals surface area (Å²) in [6, 6.07) is 29.6. The molecule has 0 saturated carbocycles. The number of hydrazine groups is 1. The highest BCUT2D eigenvalue weighted by molar-refractivity contribution is 9.10. The molecule has 3 aliphatic heterocycles. The molecule has 0 fully saturated rings. The maximum atomic E-state index is 6.43. The van der Waals surface area contributed by atoms with Gasteiger partial charge in [-0.1, -0.05) is 88.2 Å². The molecule has 2 atom stereocenters. The molecule has 0 spiro atoms. The normalized spacial score (nSPS) is 20.3. The van der Waals surface area contributed by atoms with Crippen molar-refractivity contribution in [3.05, 3.63) is 123 Å². The zero-order chi connectivity index (χ0) is 23.5. The van der Waals surface area contributed by atoms with E-state index in [4.69, 9.17) is 14.7 Å². The molecule has 0 amide bonds. The molecular formula is C29H21BrN4O. The van der Waals surface area contributed by atoms with Crippen LogP contribution in [0.4, 0.5) is 0 Å². The summed E-state index contributed by atoms with van der Waals surface area (Å²) >= 11 is 3.62. The van der Waals surface area contributed by atoms with Crippen molar-refractivity contribution in [1.82, 2.24) is 10.4 Å². The van der Waals surface area contributed by atoms with E-state index < -0.39 is 0 Å². The number of aryl methyl sites for hydroxylation is 1. The summed E-state index contributed by atoms with van der Waals surface area (Å²) in [5, 5.41) is 4.25. The third-order valence-electron chi connectivity index (χ3n) is 6.80. The maximum absolute atomic E-state index is 6.43. The number of nitrogens with one attached hydrogen (secondary N) is 1. The lowest BCUT2D eigenvalue weighted by Gasteiger charge is -2.34. The van der Waals surface area contributed by atoms with Crippen LogP contribution in [-0.4, -0.2) is 17.2 Å². The van der Waals surface area contributed by atoms with E-state index in [1.165, 1.54) is 11.1 Å². The summed E-state index contributed by atoms with van der Waals surface area (Å²) in [6.45, 7) is 2.11. The molecule has 4 aromatic rings. The molecule has 0 aromatic heterocycles. The second kappa shape index (κ2) is 7.90. The van der Waals surface area contributed by atoms with E-state index in [9.17, 15) is 0 Å². The zero-order valence-electron chi connectivity index (χ0n) is 18.9. The van der Waals surface area contributed by atoms with Crippen molar-refractivity contribution in [3.8, 4) is 5.75 Å². The Hall–Kier alpha value is -3.74. The minimum atomic E-state index is -0.187. The minimum absolute atomic E-state index is 0.0748. The Balaban J connectivity index is 1.46. The van der Waals surface area contributed by atoms with Gasteiger partial charge in [0.25, 0.3) is 0 Å². The van der Waals surface area contributed by atoms with Gasteiger partial charge in [-0.05, 0) is 47.0 Å². The van der Waals surface area contributed by atoms with Gasteiger partial charge in [0.05, 0.1) is 5.57 Å². The number of aliphatic imine (C=N–C) groups is 2. The van der Waals surface area contributed by atoms with E-state index in [2.05, 4.69) is 95.0 Å². The average molecular weight is 521 g/mol. The van der Waals surface area contributed by atoms with Gasteiger partial charge >= 0.3 is 0 Å². The molecular weight excluding hydrogens is 500 g/mol. The highest BCUT2D eigenvalue weighted by atomic mass is 79.9. The highest BCUT2D eigenvalue weighted by Gasteiger charge is 2.41. The Morgan fingerprint density at radius 2 is 1.74 bits per heavy atom. The van der Waals surface area contributed by atoms with Gasteiger partial charge in [0.2, 0.25) is 5.88 Å². The van der Waals surface area contributed by atoms with Gasteiger partial charge in [0, 0.05) is 16.0 Å². The first-order chi connectivity index (χ1) is 17.2. The second-order valence-corrected chi connectivity index (χ2v) is 9.93. The molecule has 0 unspecified atom stereocenters. The third kappa shape index (κ3) is 3.32. The first-order valence-electron chi connectivity index (χ1n) is 11.6. The van der Waals surface area contributed by atoms with Crippen LogP contribution in [0.15, 0.2) is 111 Å². The van der Waals surface area contributed by atoms with Gasteiger partial charge in [0.15, 0.2) is 5.84 Å². The topological polar surface area (TPSA) is 49.2 Å². The molecule has 6 heteroatoms. The van der Waals surface area contributed by atoms with Gasteiger partial charge in [0.1, 0.15) is 18.3 Å². The van der Waals surface area contributed by atoms with Gasteiger partial charge < -0.3 is 4.74 Å². The molecule has 170 valence electrons. The summed E-state index contributed by atoms with van der Waals surface area (Å²) < 4.78 is 7.49. The SMILES string of the molecule is Cc1ccc([C@H]2C3=C(N=CN4N[C@H](c5ccccc5)N=C34)Oc3ccc4cc(Br)ccc4c32)cc1. The van der Waals surface area contributed by atoms with Crippen molar-refractivity contribution in [2.45, 2.75) is 19.0 Å². The van der Waals surface area contributed by atoms with Crippen LogP contribution in [-0.2, 0) is 0 Å². The second-order valence-electron chi connectivity index (χ2n) is 9.02. The van der Waals surface area contributed by atoms with Crippen molar-refractivity contribution in [3.63, 3.8) is 0 Å². The fourth-order valence-electron chi connectivity index (χ4n) is 5.12. The average Bonchev–Trinajstić information content (AvgIpc) is 3.33. The highest BCUT2D eigenvalue weighted by Crippen LogP contribution is 2.49. The van der Waals surface area contributed by atoms with Crippen LogP contribution in [0.1, 0.15) is 34.3 Å². The minimum Gasteiger partial charge on any atom is -0.438 e. The number of amidine groups is 1. The van der Waals surface area contributed by atoms with Crippen LogP contribution < -0.4 is 10.2 Å². The Morgan fingerprint density at radius 1 is 0.914 bits per heavy atom. The van der Waals surface area contributed by atoms with E-state index in [-0.39, 0.29) is 12.1 Å². The number of fused-ring (bicyclic) bond motifs is 5. The summed E-state index contributed by atoms with van der Waals surface area (Å²) in [4.78, 5) is 9.84. The van der Waals surface area contributed by atoms with Crippen LogP contribution in [0, 0.1) is 6.92 Å². The van der Waals surface area contributed by atoms with Crippen molar-refractivity contribution < 1.29 is 4.74 Å². The molecule has 5 nitrogen and oxygen atoms in total. The van der Waals surface area contributed by atoms with Gasteiger partial charge in [-0.2, -0.15) is 5.43 Å².